The second kappa shape index (κ2) is 4.72. The van der Waals surface area contributed by atoms with Gasteiger partial charge in [0.25, 0.3) is 5.91 Å². The van der Waals surface area contributed by atoms with Gasteiger partial charge in [0, 0.05) is 12.6 Å². The van der Waals surface area contributed by atoms with Crippen molar-refractivity contribution < 1.29 is 4.79 Å². The molecule has 1 aromatic rings. The van der Waals surface area contributed by atoms with Gasteiger partial charge in [0.05, 0.1) is 11.2 Å². The van der Waals surface area contributed by atoms with E-state index in [2.05, 4.69) is 15.6 Å². The van der Waals surface area contributed by atoms with E-state index in [1.165, 1.54) is 11.3 Å². The van der Waals surface area contributed by atoms with Crippen molar-refractivity contribution in [1.29, 1.82) is 0 Å². The van der Waals surface area contributed by atoms with Gasteiger partial charge in [-0.2, -0.15) is 0 Å². The molecule has 4 nitrogen and oxygen atoms in total. The Kier molecular flexibility index (Phi) is 3.33. The largest absolute Gasteiger partial charge is 0.347 e. The Morgan fingerprint density at radius 3 is 3.20 bits per heavy atom. The molecule has 2 N–H and O–H groups in total. The Hall–Kier alpha value is -0.940. The summed E-state index contributed by atoms with van der Waals surface area (Å²) < 4.78 is 0. The SMILES string of the molecule is Cc1ncc(C(=O)N[C@H]2CCCNC2)s1. The number of rotatable bonds is 2. The average Bonchev–Trinajstić information content (AvgIpc) is 2.66. The van der Waals surface area contributed by atoms with Crippen LogP contribution in [0.15, 0.2) is 6.20 Å². The van der Waals surface area contributed by atoms with E-state index < -0.39 is 0 Å². The number of hydrogen-bond acceptors (Lipinski definition) is 4. The molecule has 1 aliphatic rings. The maximum Gasteiger partial charge on any atom is 0.263 e. The third-order valence-electron chi connectivity index (χ3n) is 2.48. The lowest BCUT2D eigenvalue weighted by atomic mass is 10.1. The van der Waals surface area contributed by atoms with Crippen molar-refractivity contribution in [2.45, 2.75) is 25.8 Å². The molecule has 0 saturated carbocycles. The van der Waals surface area contributed by atoms with Gasteiger partial charge < -0.3 is 10.6 Å². The van der Waals surface area contributed by atoms with Gasteiger partial charge in [-0.05, 0) is 26.3 Å². The number of piperidine rings is 1. The molecule has 82 valence electrons. The van der Waals surface area contributed by atoms with Gasteiger partial charge in [-0.3, -0.25) is 4.79 Å². The number of thiazole rings is 1. The highest BCUT2D eigenvalue weighted by Gasteiger charge is 2.17. The van der Waals surface area contributed by atoms with Crippen LogP contribution in [-0.4, -0.2) is 30.0 Å². The Morgan fingerprint density at radius 2 is 2.60 bits per heavy atom. The Morgan fingerprint density at radius 1 is 1.73 bits per heavy atom. The Labute approximate surface area is 93.1 Å². The first-order chi connectivity index (χ1) is 7.25. The zero-order valence-electron chi connectivity index (χ0n) is 8.75. The minimum atomic E-state index is 0.00861. The third kappa shape index (κ3) is 2.76. The van der Waals surface area contributed by atoms with Gasteiger partial charge in [-0.25, -0.2) is 4.98 Å². The van der Waals surface area contributed by atoms with Crippen LogP contribution in [0.5, 0.6) is 0 Å². The lowest BCUT2D eigenvalue weighted by Gasteiger charge is -2.23. The van der Waals surface area contributed by atoms with Crippen LogP contribution in [-0.2, 0) is 0 Å². The fourth-order valence-corrected chi connectivity index (χ4v) is 2.38. The molecule has 0 aromatic carbocycles. The maximum absolute atomic E-state index is 11.8. The highest BCUT2D eigenvalue weighted by Crippen LogP contribution is 2.12. The summed E-state index contributed by atoms with van der Waals surface area (Å²) >= 11 is 1.44. The minimum absolute atomic E-state index is 0.00861. The zero-order chi connectivity index (χ0) is 10.7. The highest BCUT2D eigenvalue weighted by atomic mass is 32.1. The van der Waals surface area contributed by atoms with E-state index in [4.69, 9.17) is 0 Å². The van der Waals surface area contributed by atoms with Gasteiger partial charge in [0.1, 0.15) is 4.88 Å². The molecule has 2 rings (SSSR count). The van der Waals surface area contributed by atoms with Crippen molar-refractivity contribution in [2.24, 2.45) is 0 Å². The van der Waals surface area contributed by atoms with E-state index >= 15 is 0 Å². The first kappa shape index (κ1) is 10.6. The molecule has 0 spiro atoms. The van der Waals surface area contributed by atoms with E-state index in [1.807, 2.05) is 6.92 Å². The molecule has 0 aliphatic carbocycles. The number of carbonyl (C=O) groups is 1. The zero-order valence-corrected chi connectivity index (χ0v) is 9.56. The molecular weight excluding hydrogens is 210 g/mol. The first-order valence-corrected chi connectivity index (χ1v) is 6.01. The molecule has 15 heavy (non-hydrogen) atoms. The normalized spacial score (nSPS) is 21.3. The standard InChI is InChI=1S/C10H15N3OS/c1-7-12-6-9(15-7)10(14)13-8-3-2-4-11-5-8/h6,8,11H,2-5H2,1H3,(H,13,14)/t8-/m0/s1. The summed E-state index contributed by atoms with van der Waals surface area (Å²) in [5, 5.41) is 7.22. The molecule has 0 bridgehead atoms. The van der Waals surface area contributed by atoms with Crippen molar-refractivity contribution >= 4 is 17.2 Å². The number of carbonyl (C=O) groups excluding carboxylic acids is 1. The molecule has 1 fully saturated rings. The summed E-state index contributed by atoms with van der Waals surface area (Å²) in [5.74, 6) is 0.00861. The topological polar surface area (TPSA) is 54.0 Å². The van der Waals surface area contributed by atoms with Crippen LogP contribution in [0.2, 0.25) is 0 Å². The Balaban J connectivity index is 1.91. The third-order valence-corrected chi connectivity index (χ3v) is 3.39. The summed E-state index contributed by atoms with van der Waals surface area (Å²) in [5.41, 5.74) is 0. The van der Waals surface area contributed by atoms with Gasteiger partial charge >= 0.3 is 0 Å². The summed E-state index contributed by atoms with van der Waals surface area (Å²) in [7, 11) is 0. The van der Waals surface area contributed by atoms with Crippen LogP contribution in [0.1, 0.15) is 27.5 Å². The summed E-state index contributed by atoms with van der Waals surface area (Å²) in [6.07, 6.45) is 3.84. The fraction of sp³-hybridized carbons (Fsp3) is 0.600. The van der Waals surface area contributed by atoms with Gasteiger partial charge in [-0.1, -0.05) is 0 Å². The second-order valence-corrected chi connectivity index (χ2v) is 5.00. The quantitative estimate of drug-likeness (QED) is 0.787. The van der Waals surface area contributed by atoms with Crippen LogP contribution < -0.4 is 10.6 Å². The van der Waals surface area contributed by atoms with Gasteiger partial charge in [-0.15, -0.1) is 11.3 Å². The molecule has 2 heterocycles. The van der Waals surface area contributed by atoms with Gasteiger partial charge in [0.2, 0.25) is 0 Å². The predicted octanol–water partition coefficient (Wildman–Crippen LogP) is 0.933. The number of nitrogens with zero attached hydrogens (tertiary/aromatic N) is 1. The lowest BCUT2D eigenvalue weighted by molar-refractivity contribution is 0.0934. The lowest BCUT2D eigenvalue weighted by Crippen LogP contribution is -2.45. The van der Waals surface area contributed by atoms with E-state index in [-0.39, 0.29) is 11.9 Å². The van der Waals surface area contributed by atoms with Crippen LogP contribution in [0.25, 0.3) is 0 Å². The van der Waals surface area contributed by atoms with Crippen LogP contribution in [0, 0.1) is 6.92 Å². The number of nitrogens with one attached hydrogen (secondary N) is 2. The minimum Gasteiger partial charge on any atom is -0.347 e. The van der Waals surface area contributed by atoms with Gasteiger partial charge in [0.15, 0.2) is 0 Å². The number of amides is 1. The molecule has 1 aliphatic heterocycles. The monoisotopic (exact) mass is 225 g/mol. The van der Waals surface area contributed by atoms with Crippen molar-refractivity contribution in [1.82, 2.24) is 15.6 Å². The second-order valence-electron chi connectivity index (χ2n) is 3.76. The number of aromatic nitrogens is 1. The molecule has 1 saturated heterocycles. The van der Waals surface area contributed by atoms with E-state index in [9.17, 15) is 4.79 Å². The van der Waals surface area contributed by atoms with Crippen molar-refractivity contribution in [2.75, 3.05) is 13.1 Å². The molecule has 0 radical (unpaired) electrons. The molecule has 1 amide bonds. The molecule has 1 aromatic heterocycles. The van der Waals surface area contributed by atoms with E-state index in [1.54, 1.807) is 6.20 Å². The summed E-state index contributed by atoms with van der Waals surface area (Å²) in [4.78, 5) is 16.5. The van der Waals surface area contributed by atoms with Crippen molar-refractivity contribution in [3.63, 3.8) is 0 Å². The van der Waals surface area contributed by atoms with E-state index in [0.29, 0.717) is 4.88 Å². The average molecular weight is 225 g/mol. The molecule has 1 atom stereocenters. The summed E-state index contributed by atoms with van der Waals surface area (Å²) in [6, 6.07) is 0.272. The number of hydrogen-bond donors (Lipinski definition) is 2. The smallest absolute Gasteiger partial charge is 0.263 e. The molecule has 5 heteroatoms. The van der Waals surface area contributed by atoms with Crippen LogP contribution >= 0.6 is 11.3 Å². The fourth-order valence-electron chi connectivity index (χ4n) is 1.70. The van der Waals surface area contributed by atoms with Crippen LogP contribution in [0.4, 0.5) is 0 Å². The molecule has 0 unspecified atom stereocenters. The summed E-state index contributed by atoms with van der Waals surface area (Å²) in [6.45, 7) is 3.85. The van der Waals surface area contributed by atoms with Crippen molar-refractivity contribution in [3.8, 4) is 0 Å². The first-order valence-electron chi connectivity index (χ1n) is 5.20. The molecular formula is C10H15N3OS. The highest BCUT2D eigenvalue weighted by molar-refractivity contribution is 7.13. The van der Waals surface area contributed by atoms with Crippen molar-refractivity contribution in [3.05, 3.63) is 16.1 Å². The van der Waals surface area contributed by atoms with E-state index in [0.717, 1.165) is 30.9 Å². The predicted molar refractivity (Wildman–Crippen MR) is 60.2 cm³/mol. The maximum atomic E-state index is 11.8. The number of aryl methyl sites for hydroxylation is 1. The Bertz CT molecular complexity index is 344. The van der Waals surface area contributed by atoms with Crippen LogP contribution in [0.3, 0.4) is 0 Å².